The Morgan fingerprint density at radius 2 is 1.68 bits per heavy atom. The molecule has 148 valence electrons. The minimum absolute atomic E-state index is 0.0129. The van der Waals surface area contributed by atoms with Crippen LogP contribution in [0, 0.1) is 11.8 Å². The third-order valence-electron chi connectivity index (χ3n) is 5.43. The van der Waals surface area contributed by atoms with Gasteiger partial charge in [0.25, 0.3) is 0 Å². The number of hydrogen-bond acceptors (Lipinski definition) is 3. The van der Waals surface area contributed by atoms with Crippen molar-refractivity contribution in [3.63, 3.8) is 0 Å². The Labute approximate surface area is 166 Å². The quantitative estimate of drug-likeness (QED) is 0.803. The number of nitrogens with one attached hydrogen (secondary N) is 1. The molecule has 2 aromatic rings. The van der Waals surface area contributed by atoms with E-state index in [2.05, 4.69) is 5.32 Å². The largest absolute Gasteiger partial charge is 0.497 e. The summed E-state index contributed by atoms with van der Waals surface area (Å²) in [6.07, 6.45) is 2.97. The second-order valence-electron chi connectivity index (χ2n) is 7.19. The van der Waals surface area contributed by atoms with Crippen LogP contribution in [0.5, 0.6) is 5.75 Å². The summed E-state index contributed by atoms with van der Waals surface area (Å²) >= 11 is 0. The van der Waals surface area contributed by atoms with Crippen LogP contribution in [0.1, 0.15) is 32.6 Å². The highest BCUT2D eigenvalue weighted by atomic mass is 16.5. The number of methoxy groups -OCH3 is 1. The molecule has 28 heavy (non-hydrogen) atoms. The summed E-state index contributed by atoms with van der Waals surface area (Å²) in [6, 6.07) is 17.2. The zero-order valence-electron chi connectivity index (χ0n) is 16.6. The Balaban J connectivity index is 1.56. The molecule has 1 fully saturated rings. The van der Waals surface area contributed by atoms with E-state index in [0.29, 0.717) is 12.3 Å². The standard InChI is InChI=1S/C23H28N2O3/c1-3-25(20-9-5-4-6-10-20)23(27)18-14-12-17(13-15-18)22(26)24-19-8-7-11-21(16-19)28-2/h4-11,16-18H,3,12-15H2,1-2H3,(H,24,26). The van der Waals surface area contributed by atoms with Crippen molar-refractivity contribution in [2.45, 2.75) is 32.6 Å². The third kappa shape index (κ3) is 4.71. The molecule has 0 unspecified atom stereocenters. The van der Waals surface area contributed by atoms with Crippen molar-refractivity contribution in [3.8, 4) is 5.75 Å². The second-order valence-corrected chi connectivity index (χ2v) is 7.19. The Bertz CT molecular complexity index is 799. The number of para-hydroxylation sites is 1. The molecule has 2 aromatic carbocycles. The van der Waals surface area contributed by atoms with Crippen molar-refractivity contribution >= 4 is 23.2 Å². The molecular weight excluding hydrogens is 352 g/mol. The number of benzene rings is 2. The van der Waals surface area contributed by atoms with E-state index in [-0.39, 0.29) is 23.7 Å². The van der Waals surface area contributed by atoms with Crippen LogP contribution in [0.3, 0.4) is 0 Å². The van der Waals surface area contributed by atoms with Crippen LogP contribution in [-0.4, -0.2) is 25.5 Å². The molecule has 0 radical (unpaired) electrons. The fourth-order valence-electron chi connectivity index (χ4n) is 3.84. The summed E-state index contributed by atoms with van der Waals surface area (Å²) < 4.78 is 5.20. The van der Waals surface area contributed by atoms with Gasteiger partial charge in [0.1, 0.15) is 5.75 Å². The Morgan fingerprint density at radius 1 is 1.00 bits per heavy atom. The third-order valence-corrected chi connectivity index (χ3v) is 5.43. The summed E-state index contributed by atoms with van der Waals surface area (Å²) in [7, 11) is 1.61. The fourth-order valence-corrected chi connectivity index (χ4v) is 3.84. The van der Waals surface area contributed by atoms with E-state index in [1.54, 1.807) is 7.11 Å². The zero-order valence-corrected chi connectivity index (χ0v) is 16.6. The first kappa shape index (κ1) is 19.9. The molecule has 0 aromatic heterocycles. The lowest BCUT2D eigenvalue weighted by Gasteiger charge is -2.31. The van der Waals surface area contributed by atoms with Gasteiger partial charge in [0.05, 0.1) is 7.11 Å². The lowest BCUT2D eigenvalue weighted by Crippen LogP contribution is -2.39. The lowest BCUT2D eigenvalue weighted by atomic mass is 9.80. The van der Waals surface area contributed by atoms with Crippen molar-refractivity contribution in [2.75, 3.05) is 23.9 Å². The molecule has 1 saturated carbocycles. The van der Waals surface area contributed by atoms with Crippen molar-refractivity contribution in [3.05, 3.63) is 54.6 Å². The minimum Gasteiger partial charge on any atom is -0.497 e. The van der Waals surface area contributed by atoms with Crippen LogP contribution in [0.15, 0.2) is 54.6 Å². The number of amides is 2. The zero-order chi connectivity index (χ0) is 19.9. The van der Waals surface area contributed by atoms with Crippen LogP contribution >= 0.6 is 0 Å². The first-order valence-corrected chi connectivity index (χ1v) is 9.93. The number of carbonyl (C=O) groups excluding carboxylic acids is 2. The number of ether oxygens (including phenoxy) is 1. The SMILES string of the molecule is CCN(C(=O)C1CCC(C(=O)Nc2cccc(OC)c2)CC1)c1ccccc1. The molecule has 0 saturated heterocycles. The van der Waals surface area contributed by atoms with Crippen molar-refractivity contribution in [1.82, 2.24) is 0 Å². The summed E-state index contributed by atoms with van der Waals surface area (Å²) in [6.45, 7) is 2.65. The molecule has 5 heteroatoms. The number of nitrogens with zero attached hydrogens (tertiary/aromatic N) is 1. The van der Waals surface area contributed by atoms with Gasteiger partial charge in [-0.05, 0) is 56.9 Å². The Hall–Kier alpha value is -2.82. The van der Waals surface area contributed by atoms with Crippen molar-refractivity contribution < 1.29 is 14.3 Å². The van der Waals surface area contributed by atoms with Gasteiger partial charge in [-0.3, -0.25) is 9.59 Å². The maximum atomic E-state index is 13.0. The van der Waals surface area contributed by atoms with E-state index >= 15 is 0 Å². The first-order chi connectivity index (χ1) is 13.6. The monoisotopic (exact) mass is 380 g/mol. The topological polar surface area (TPSA) is 58.6 Å². The van der Waals surface area contributed by atoms with Crippen LogP contribution < -0.4 is 15.0 Å². The Morgan fingerprint density at radius 3 is 2.32 bits per heavy atom. The van der Waals surface area contributed by atoms with Gasteiger partial charge in [-0.1, -0.05) is 24.3 Å². The van der Waals surface area contributed by atoms with Gasteiger partial charge in [-0.15, -0.1) is 0 Å². The molecule has 1 N–H and O–H groups in total. The number of carbonyl (C=O) groups is 2. The van der Waals surface area contributed by atoms with E-state index in [1.807, 2.05) is 66.4 Å². The summed E-state index contributed by atoms with van der Waals surface area (Å²) in [5, 5.41) is 2.98. The van der Waals surface area contributed by atoms with Gasteiger partial charge in [-0.25, -0.2) is 0 Å². The molecular formula is C23H28N2O3. The molecule has 2 amide bonds. The fraction of sp³-hybridized carbons (Fsp3) is 0.391. The minimum atomic E-state index is -0.0537. The molecule has 1 aliphatic carbocycles. The highest BCUT2D eigenvalue weighted by Crippen LogP contribution is 2.32. The van der Waals surface area contributed by atoms with E-state index < -0.39 is 0 Å². The first-order valence-electron chi connectivity index (χ1n) is 9.93. The molecule has 1 aliphatic rings. The smallest absolute Gasteiger partial charge is 0.230 e. The van der Waals surface area contributed by atoms with Gasteiger partial charge >= 0.3 is 0 Å². The average molecular weight is 380 g/mol. The van der Waals surface area contributed by atoms with E-state index in [0.717, 1.165) is 37.1 Å². The lowest BCUT2D eigenvalue weighted by molar-refractivity contribution is -0.126. The normalized spacial score (nSPS) is 18.9. The summed E-state index contributed by atoms with van der Waals surface area (Å²) in [5.74, 6) is 0.839. The molecule has 0 spiro atoms. The number of hydrogen-bond donors (Lipinski definition) is 1. The number of anilines is 2. The molecule has 0 bridgehead atoms. The van der Waals surface area contributed by atoms with Gasteiger partial charge in [-0.2, -0.15) is 0 Å². The van der Waals surface area contributed by atoms with Crippen LogP contribution in [-0.2, 0) is 9.59 Å². The van der Waals surface area contributed by atoms with Gasteiger partial charge in [0.15, 0.2) is 0 Å². The van der Waals surface area contributed by atoms with E-state index in [1.165, 1.54) is 0 Å². The average Bonchev–Trinajstić information content (AvgIpc) is 2.75. The van der Waals surface area contributed by atoms with Crippen molar-refractivity contribution in [2.24, 2.45) is 11.8 Å². The van der Waals surface area contributed by atoms with E-state index in [4.69, 9.17) is 4.74 Å². The van der Waals surface area contributed by atoms with Gasteiger partial charge < -0.3 is 15.0 Å². The predicted molar refractivity (Wildman–Crippen MR) is 112 cm³/mol. The van der Waals surface area contributed by atoms with Crippen LogP contribution in [0.25, 0.3) is 0 Å². The number of rotatable bonds is 6. The molecule has 5 nitrogen and oxygen atoms in total. The molecule has 3 rings (SSSR count). The highest BCUT2D eigenvalue weighted by molar-refractivity contribution is 5.96. The molecule has 0 aliphatic heterocycles. The molecule has 0 atom stereocenters. The second kappa shape index (κ2) is 9.40. The summed E-state index contributed by atoms with van der Waals surface area (Å²) in [5.41, 5.74) is 1.68. The van der Waals surface area contributed by atoms with Crippen molar-refractivity contribution in [1.29, 1.82) is 0 Å². The van der Waals surface area contributed by atoms with E-state index in [9.17, 15) is 9.59 Å². The van der Waals surface area contributed by atoms with Gasteiger partial charge in [0, 0.05) is 35.8 Å². The maximum Gasteiger partial charge on any atom is 0.230 e. The maximum absolute atomic E-state index is 13.0. The molecule has 0 heterocycles. The Kier molecular flexibility index (Phi) is 6.69. The van der Waals surface area contributed by atoms with Crippen LogP contribution in [0.4, 0.5) is 11.4 Å². The summed E-state index contributed by atoms with van der Waals surface area (Å²) in [4.78, 5) is 27.4. The van der Waals surface area contributed by atoms with Crippen LogP contribution in [0.2, 0.25) is 0 Å². The predicted octanol–water partition coefficient (Wildman–Crippen LogP) is 4.49. The highest BCUT2D eigenvalue weighted by Gasteiger charge is 2.32. The van der Waals surface area contributed by atoms with Gasteiger partial charge in [0.2, 0.25) is 11.8 Å².